The second-order valence-corrected chi connectivity index (χ2v) is 5.12. The fraction of sp³-hybridized carbons (Fsp3) is 0.500. The van der Waals surface area contributed by atoms with Gasteiger partial charge in [0, 0.05) is 0 Å². The van der Waals surface area contributed by atoms with Gasteiger partial charge in [0.25, 0.3) is 0 Å². The Balaban J connectivity index is 0.000000327. The monoisotopic (exact) mass is 379 g/mol. The molecule has 1 aromatic carbocycles. The number of hydrogen-bond acceptors (Lipinski definition) is 0. The van der Waals surface area contributed by atoms with E-state index < -0.39 is 0 Å². The van der Waals surface area contributed by atoms with Gasteiger partial charge >= 0.3 is 27.0 Å². The molecule has 0 aliphatic heterocycles. The Labute approximate surface area is 139 Å². The maximum absolute atomic E-state index is 4.57. The summed E-state index contributed by atoms with van der Waals surface area (Å²) in [6.45, 7) is 11.0. The topological polar surface area (TPSA) is 0 Å². The molecule has 0 unspecified atom stereocenters. The first-order chi connectivity index (χ1) is 9.55. The Hall–Kier alpha value is -0.257. The predicted octanol–water partition coefficient (Wildman–Crippen LogP) is 6.11. The van der Waals surface area contributed by atoms with Gasteiger partial charge in [-0.15, -0.1) is 0 Å². The normalized spacial score (nSPS) is 15.1. The van der Waals surface area contributed by atoms with Crippen molar-refractivity contribution in [3.63, 3.8) is 0 Å². The van der Waals surface area contributed by atoms with Crippen molar-refractivity contribution in [2.75, 3.05) is 0 Å². The SMILES string of the molecule is Cc1c(C)c(C)[c-](C)c1C.[C-]1=CCC/C=C\CC1.[Cl][Ru+2]. The molecule has 2 heteroatoms. The zero-order valence-corrected chi connectivity index (χ0v) is 15.8. The first-order valence-electron chi connectivity index (χ1n) is 7.08. The van der Waals surface area contributed by atoms with E-state index in [-0.39, 0.29) is 0 Å². The minimum absolute atomic E-state index is 1.11. The fourth-order valence-corrected chi connectivity index (χ4v) is 2.19. The summed E-state index contributed by atoms with van der Waals surface area (Å²) < 4.78 is 0. The molecule has 0 radical (unpaired) electrons. The second-order valence-electron chi connectivity index (χ2n) is 5.12. The van der Waals surface area contributed by atoms with Crippen LogP contribution in [0.5, 0.6) is 0 Å². The van der Waals surface area contributed by atoms with Crippen molar-refractivity contribution in [2.45, 2.75) is 60.3 Å². The number of rotatable bonds is 0. The van der Waals surface area contributed by atoms with Crippen LogP contribution in [0.3, 0.4) is 0 Å². The minimum atomic E-state index is 1.11. The van der Waals surface area contributed by atoms with Crippen molar-refractivity contribution in [2.24, 2.45) is 0 Å². The predicted molar refractivity (Wildman–Crippen MR) is 87.0 cm³/mol. The van der Waals surface area contributed by atoms with E-state index >= 15 is 0 Å². The second kappa shape index (κ2) is 11.4. The summed E-state index contributed by atoms with van der Waals surface area (Å²) in [4.78, 5) is 0. The quantitative estimate of drug-likeness (QED) is 0.290. The molecule has 1 aliphatic rings. The Bertz CT molecular complexity index is 332. The van der Waals surface area contributed by atoms with Gasteiger partial charge in [0.1, 0.15) is 0 Å². The zero-order chi connectivity index (χ0) is 15.5. The molecule has 0 spiro atoms. The fourth-order valence-electron chi connectivity index (χ4n) is 2.19. The van der Waals surface area contributed by atoms with Crippen molar-refractivity contribution in [3.8, 4) is 0 Å². The van der Waals surface area contributed by atoms with Crippen molar-refractivity contribution in [3.05, 3.63) is 52.1 Å². The van der Waals surface area contributed by atoms with Crippen LogP contribution >= 0.6 is 9.69 Å². The van der Waals surface area contributed by atoms with Crippen LogP contribution < -0.4 is 0 Å². The molecule has 0 heterocycles. The van der Waals surface area contributed by atoms with Crippen molar-refractivity contribution >= 4 is 9.69 Å². The van der Waals surface area contributed by atoms with Crippen molar-refractivity contribution < 1.29 is 17.3 Å². The van der Waals surface area contributed by atoms with E-state index in [1.54, 1.807) is 0 Å². The van der Waals surface area contributed by atoms with E-state index in [9.17, 15) is 0 Å². The third-order valence-electron chi connectivity index (χ3n) is 4.06. The summed E-state index contributed by atoms with van der Waals surface area (Å²) in [6, 6.07) is 0. The van der Waals surface area contributed by atoms with Gasteiger partial charge in [0.15, 0.2) is 0 Å². The molecule has 113 valence electrons. The molecule has 0 saturated carbocycles. The Morgan fingerprint density at radius 3 is 1.90 bits per heavy atom. The molecule has 0 aromatic heterocycles. The molecule has 0 fully saturated rings. The average Bonchev–Trinajstić information content (AvgIpc) is 2.59. The molecule has 1 aliphatic carbocycles. The molecule has 0 amide bonds. The molecule has 0 saturated heterocycles. The van der Waals surface area contributed by atoms with Gasteiger partial charge in [-0.25, -0.2) is 0 Å². The summed E-state index contributed by atoms with van der Waals surface area (Å²) in [5.74, 6) is 0. The van der Waals surface area contributed by atoms with E-state index in [1.165, 1.54) is 47.1 Å². The summed E-state index contributed by atoms with van der Waals surface area (Å²) in [5.41, 5.74) is 7.34. The van der Waals surface area contributed by atoms with E-state index in [1.807, 2.05) is 17.3 Å². The molecule has 0 bridgehead atoms. The van der Waals surface area contributed by atoms with Crippen LogP contribution in [0, 0.1) is 40.7 Å². The average molecular weight is 379 g/mol. The number of allylic oxidation sites excluding steroid dienone is 4. The zero-order valence-electron chi connectivity index (χ0n) is 13.3. The summed E-state index contributed by atoms with van der Waals surface area (Å²) >= 11 is 1.82. The van der Waals surface area contributed by atoms with Crippen molar-refractivity contribution in [1.29, 1.82) is 0 Å². The van der Waals surface area contributed by atoms with Crippen LogP contribution in [0.1, 0.15) is 53.5 Å². The summed E-state index contributed by atoms with van der Waals surface area (Å²) in [7, 11) is 4.57. The molecular formula is C18H26ClRu. The van der Waals surface area contributed by atoms with E-state index in [2.05, 4.69) is 68.6 Å². The molecule has 0 N–H and O–H groups in total. The van der Waals surface area contributed by atoms with Gasteiger partial charge in [0.2, 0.25) is 0 Å². The first kappa shape index (κ1) is 19.7. The first-order valence-corrected chi connectivity index (χ1v) is 9.32. The van der Waals surface area contributed by atoms with Gasteiger partial charge in [-0.1, -0.05) is 59.6 Å². The number of halogens is 1. The van der Waals surface area contributed by atoms with E-state index in [4.69, 9.17) is 0 Å². The van der Waals surface area contributed by atoms with Crippen LogP contribution in [0.2, 0.25) is 0 Å². The Morgan fingerprint density at radius 2 is 1.45 bits per heavy atom. The third kappa shape index (κ3) is 6.46. The molecule has 20 heavy (non-hydrogen) atoms. The van der Waals surface area contributed by atoms with Crippen molar-refractivity contribution in [1.82, 2.24) is 0 Å². The van der Waals surface area contributed by atoms with Gasteiger partial charge in [0.05, 0.1) is 0 Å². The van der Waals surface area contributed by atoms with Crippen LogP contribution in [-0.4, -0.2) is 0 Å². The molecular weight excluding hydrogens is 353 g/mol. The molecule has 0 atom stereocenters. The van der Waals surface area contributed by atoms with E-state index in [0.29, 0.717) is 0 Å². The third-order valence-corrected chi connectivity index (χ3v) is 4.06. The Morgan fingerprint density at radius 1 is 0.950 bits per heavy atom. The summed E-state index contributed by atoms with van der Waals surface area (Å²) in [6.07, 6.45) is 14.5. The van der Waals surface area contributed by atoms with Crippen LogP contribution in [0.4, 0.5) is 0 Å². The molecule has 2 rings (SSSR count). The van der Waals surface area contributed by atoms with Crippen LogP contribution in [-0.2, 0) is 17.3 Å². The molecule has 0 nitrogen and oxygen atoms in total. The van der Waals surface area contributed by atoms with Crippen LogP contribution in [0.25, 0.3) is 0 Å². The van der Waals surface area contributed by atoms with Gasteiger partial charge in [-0.2, -0.15) is 34.2 Å². The van der Waals surface area contributed by atoms with Gasteiger partial charge in [-0.3, -0.25) is 6.08 Å². The molecule has 1 aromatic rings. The standard InChI is InChI=1S/C10H15.C8H11.ClH.Ru/c1-6-7(2)9(4)10(5)8(6)3;1-2-4-6-8-7-5-3-1;;/h1-5H3;1-2,7H,3-6H2;1H;/q2*-1;;+3/p-1/b;2-1-;;. The Kier molecular flexibility index (Phi) is 11.3. The number of hydrogen-bond donors (Lipinski definition) is 0. The van der Waals surface area contributed by atoms with Gasteiger partial charge in [-0.05, 0) is 6.42 Å². The van der Waals surface area contributed by atoms with E-state index in [0.717, 1.165) is 6.42 Å². The van der Waals surface area contributed by atoms with Crippen LogP contribution in [0.15, 0.2) is 18.2 Å². The maximum atomic E-state index is 4.57. The van der Waals surface area contributed by atoms with Gasteiger partial charge < -0.3 is 6.08 Å². The summed E-state index contributed by atoms with van der Waals surface area (Å²) in [5, 5.41) is 0.